The third-order valence-corrected chi connectivity index (χ3v) is 5.46. The van der Waals surface area contributed by atoms with Crippen LogP contribution in [0.2, 0.25) is 0 Å². The first-order valence-corrected chi connectivity index (χ1v) is 7.10. The fourth-order valence-corrected chi connectivity index (χ4v) is 3.77. The molecule has 2 aromatic rings. The van der Waals surface area contributed by atoms with E-state index in [0.717, 1.165) is 16.9 Å². The maximum atomic E-state index is 12.1. The third kappa shape index (κ3) is 2.48. The quantitative estimate of drug-likeness (QED) is 0.864. The standard InChI is InChI=1S/C9H12N4O2S2/c1-13(5-7-3-11-12-4-7)17(14,15)9-2-8(10)6-16-9/h2-4,6H,5,10H2,1H3,(H,11,12). The van der Waals surface area contributed by atoms with Crippen LogP contribution in [-0.4, -0.2) is 30.0 Å². The molecule has 0 saturated carbocycles. The summed E-state index contributed by atoms with van der Waals surface area (Å²) >= 11 is 1.12. The molecule has 0 aliphatic carbocycles. The molecule has 0 radical (unpaired) electrons. The van der Waals surface area contributed by atoms with Gasteiger partial charge in [0.25, 0.3) is 10.0 Å². The Balaban J connectivity index is 2.21. The Labute approximate surface area is 103 Å². The fraction of sp³-hybridized carbons (Fsp3) is 0.222. The van der Waals surface area contributed by atoms with E-state index in [0.29, 0.717) is 5.69 Å². The summed E-state index contributed by atoms with van der Waals surface area (Å²) in [7, 11) is -1.94. The largest absolute Gasteiger partial charge is 0.398 e. The molecule has 0 unspecified atom stereocenters. The van der Waals surface area contributed by atoms with Gasteiger partial charge in [-0.2, -0.15) is 9.40 Å². The van der Waals surface area contributed by atoms with Crippen molar-refractivity contribution >= 4 is 27.0 Å². The summed E-state index contributed by atoms with van der Waals surface area (Å²) in [4.78, 5) is 0. The second-order valence-electron chi connectivity index (χ2n) is 3.57. The van der Waals surface area contributed by atoms with Crippen LogP contribution in [0.25, 0.3) is 0 Å². The fourth-order valence-electron chi connectivity index (χ4n) is 1.33. The number of anilines is 1. The predicted octanol–water partition coefficient (Wildman–Crippen LogP) is 0.874. The highest BCUT2D eigenvalue weighted by Gasteiger charge is 2.22. The molecule has 0 bridgehead atoms. The first-order chi connectivity index (χ1) is 8.00. The summed E-state index contributed by atoms with van der Waals surface area (Å²) in [6.45, 7) is 0.274. The molecule has 6 nitrogen and oxygen atoms in total. The number of nitrogens with two attached hydrogens (primary N) is 1. The van der Waals surface area contributed by atoms with Gasteiger partial charge in [-0.3, -0.25) is 5.10 Å². The van der Waals surface area contributed by atoms with Crippen molar-refractivity contribution in [3.63, 3.8) is 0 Å². The minimum atomic E-state index is -3.46. The van der Waals surface area contributed by atoms with E-state index in [2.05, 4.69) is 10.2 Å². The lowest BCUT2D eigenvalue weighted by atomic mass is 10.4. The van der Waals surface area contributed by atoms with Crippen LogP contribution in [0.15, 0.2) is 28.0 Å². The Kier molecular flexibility index (Phi) is 3.18. The van der Waals surface area contributed by atoms with Gasteiger partial charge in [0.15, 0.2) is 0 Å². The predicted molar refractivity (Wildman–Crippen MR) is 66.0 cm³/mol. The molecule has 0 aliphatic heterocycles. The number of H-pyrrole nitrogens is 1. The molecule has 0 aliphatic rings. The van der Waals surface area contributed by atoms with Crippen LogP contribution in [0.1, 0.15) is 5.56 Å². The minimum absolute atomic E-state index is 0.251. The van der Waals surface area contributed by atoms with Gasteiger partial charge in [0.05, 0.1) is 6.20 Å². The smallest absolute Gasteiger partial charge is 0.252 e. The van der Waals surface area contributed by atoms with Crippen molar-refractivity contribution in [2.75, 3.05) is 12.8 Å². The molecule has 17 heavy (non-hydrogen) atoms. The normalized spacial score (nSPS) is 12.1. The zero-order valence-electron chi connectivity index (χ0n) is 9.12. The summed E-state index contributed by atoms with van der Waals surface area (Å²) in [6, 6.07) is 1.46. The van der Waals surface area contributed by atoms with Gasteiger partial charge in [-0.05, 0) is 6.07 Å². The number of hydrogen-bond acceptors (Lipinski definition) is 5. The van der Waals surface area contributed by atoms with Crippen molar-refractivity contribution in [1.29, 1.82) is 0 Å². The minimum Gasteiger partial charge on any atom is -0.398 e. The first kappa shape index (κ1) is 12.1. The summed E-state index contributed by atoms with van der Waals surface area (Å²) < 4.78 is 25.8. The molecule has 0 spiro atoms. The van der Waals surface area contributed by atoms with Gasteiger partial charge >= 0.3 is 0 Å². The van der Waals surface area contributed by atoms with Crippen LogP contribution in [0, 0.1) is 0 Å². The van der Waals surface area contributed by atoms with E-state index in [9.17, 15) is 8.42 Å². The lowest BCUT2D eigenvalue weighted by Gasteiger charge is -2.14. The lowest BCUT2D eigenvalue weighted by molar-refractivity contribution is 0.468. The van der Waals surface area contributed by atoms with Crippen LogP contribution >= 0.6 is 11.3 Å². The number of hydrogen-bond donors (Lipinski definition) is 2. The lowest BCUT2D eigenvalue weighted by Crippen LogP contribution is -2.25. The van der Waals surface area contributed by atoms with Crippen molar-refractivity contribution in [2.24, 2.45) is 0 Å². The Morgan fingerprint density at radius 1 is 1.59 bits per heavy atom. The highest BCUT2D eigenvalue weighted by atomic mass is 32.2. The molecule has 0 amide bonds. The third-order valence-electron chi connectivity index (χ3n) is 2.22. The average Bonchev–Trinajstić information content (AvgIpc) is 2.89. The van der Waals surface area contributed by atoms with Crippen molar-refractivity contribution in [3.05, 3.63) is 29.4 Å². The van der Waals surface area contributed by atoms with Crippen molar-refractivity contribution in [3.8, 4) is 0 Å². The van der Waals surface area contributed by atoms with Gasteiger partial charge in [-0.15, -0.1) is 11.3 Å². The Bertz CT molecular complexity index is 588. The van der Waals surface area contributed by atoms with Crippen molar-refractivity contribution in [2.45, 2.75) is 10.8 Å². The van der Waals surface area contributed by atoms with E-state index >= 15 is 0 Å². The number of aromatic amines is 1. The highest BCUT2D eigenvalue weighted by molar-refractivity contribution is 7.91. The van der Waals surface area contributed by atoms with E-state index in [4.69, 9.17) is 5.73 Å². The second kappa shape index (κ2) is 4.47. The highest BCUT2D eigenvalue weighted by Crippen LogP contribution is 2.25. The Morgan fingerprint density at radius 2 is 2.35 bits per heavy atom. The molecular weight excluding hydrogens is 260 g/mol. The van der Waals surface area contributed by atoms with Gasteiger partial charge in [0, 0.05) is 36.4 Å². The molecule has 2 heterocycles. The number of sulfonamides is 1. The molecule has 8 heteroatoms. The SMILES string of the molecule is CN(Cc1cn[nH]c1)S(=O)(=O)c1cc(N)cs1. The number of aromatic nitrogens is 2. The molecule has 0 saturated heterocycles. The van der Waals surface area contributed by atoms with Crippen molar-refractivity contribution in [1.82, 2.24) is 14.5 Å². The summed E-state index contributed by atoms with van der Waals surface area (Å²) in [5, 5.41) is 8.02. The van der Waals surface area contributed by atoms with Gasteiger partial charge in [0.1, 0.15) is 4.21 Å². The average molecular weight is 272 g/mol. The molecule has 0 fully saturated rings. The number of rotatable bonds is 4. The first-order valence-electron chi connectivity index (χ1n) is 4.78. The van der Waals surface area contributed by atoms with Crippen LogP contribution in [-0.2, 0) is 16.6 Å². The van der Waals surface area contributed by atoms with E-state index in [-0.39, 0.29) is 10.8 Å². The maximum Gasteiger partial charge on any atom is 0.252 e. The summed E-state index contributed by atoms with van der Waals surface area (Å²) in [5.41, 5.74) is 6.79. The van der Waals surface area contributed by atoms with Gasteiger partial charge in [-0.25, -0.2) is 8.42 Å². The van der Waals surface area contributed by atoms with Gasteiger partial charge in [-0.1, -0.05) is 0 Å². The number of thiophene rings is 1. The van der Waals surface area contributed by atoms with Crippen LogP contribution in [0.4, 0.5) is 5.69 Å². The molecule has 2 rings (SSSR count). The topological polar surface area (TPSA) is 92.1 Å². The summed E-state index contributed by atoms with van der Waals surface area (Å²) in [5.74, 6) is 0. The molecule has 0 aromatic carbocycles. The monoisotopic (exact) mass is 272 g/mol. The molecule has 0 atom stereocenters. The van der Waals surface area contributed by atoms with E-state index in [1.54, 1.807) is 17.8 Å². The Hall–Kier alpha value is -1.38. The van der Waals surface area contributed by atoms with Gasteiger partial charge < -0.3 is 5.73 Å². The Morgan fingerprint density at radius 3 is 2.88 bits per heavy atom. The van der Waals surface area contributed by atoms with Gasteiger partial charge in [0.2, 0.25) is 0 Å². The van der Waals surface area contributed by atoms with Crippen LogP contribution in [0.5, 0.6) is 0 Å². The molecule has 92 valence electrons. The number of nitrogen functional groups attached to an aromatic ring is 1. The molecular formula is C9H12N4O2S2. The van der Waals surface area contributed by atoms with Crippen LogP contribution < -0.4 is 5.73 Å². The van der Waals surface area contributed by atoms with E-state index < -0.39 is 10.0 Å². The van der Waals surface area contributed by atoms with E-state index in [1.807, 2.05) is 0 Å². The number of nitrogens with zero attached hydrogens (tertiary/aromatic N) is 2. The number of nitrogens with one attached hydrogen (secondary N) is 1. The van der Waals surface area contributed by atoms with Crippen molar-refractivity contribution < 1.29 is 8.42 Å². The van der Waals surface area contributed by atoms with E-state index in [1.165, 1.54) is 17.4 Å². The van der Waals surface area contributed by atoms with Crippen LogP contribution in [0.3, 0.4) is 0 Å². The molecule has 3 N–H and O–H groups in total. The second-order valence-corrected chi connectivity index (χ2v) is 6.75. The zero-order valence-corrected chi connectivity index (χ0v) is 10.8. The summed E-state index contributed by atoms with van der Waals surface area (Å²) in [6.07, 6.45) is 3.25. The zero-order chi connectivity index (χ0) is 12.5. The maximum absolute atomic E-state index is 12.1. The molecule has 2 aromatic heterocycles.